The summed E-state index contributed by atoms with van der Waals surface area (Å²) in [6.07, 6.45) is 2.74. The summed E-state index contributed by atoms with van der Waals surface area (Å²) in [5.74, 6) is -0.281. The summed E-state index contributed by atoms with van der Waals surface area (Å²) < 4.78 is 0. The molecule has 1 aliphatic rings. The van der Waals surface area contributed by atoms with E-state index in [1.54, 1.807) is 12.1 Å². The zero-order valence-electron chi connectivity index (χ0n) is 12.1. The Morgan fingerprint density at radius 2 is 2.33 bits per heavy atom. The van der Waals surface area contributed by atoms with E-state index < -0.39 is 12.0 Å². The van der Waals surface area contributed by atoms with E-state index in [2.05, 4.69) is 6.92 Å². The lowest BCUT2D eigenvalue weighted by molar-refractivity contribution is -0.145. The number of halogens is 1. The van der Waals surface area contributed by atoms with E-state index in [-0.39, 0.29) is 0 Å². The van der Waals surface area contributed by atoms with E-state index >= 15 is 0 Å². The number of nitriles is 1. The molecular weight excluding hydrogens is 288 g/mol. The Labute approximate surface area is 129 Å². The lowest BCUT2D eigenvalue weighted by Gasteiger charge is -2.37. The molecule has 1 aromatic carbocycles. The van der Waals surface area contributed by atoms with Crippen LogP contribution < -0.4 is 0 Å². The van der Waals surface area contributed by atoms with Crippen molar-refractivity contribution in [1.29, 1.82) is 5.26 Å². The number of likely N-dealkylation sites (tertiary alicyclic amines) is 1. The highest BCUT2D eigenvalue weighted by atomic mass is 35.5. The Morgan fingerprint density at radius 3 is 2.90 bits per heavy atom. The van der Waals surface area contributed by atoms with Gasteiger partial charge in [-0.25, -0.2) is 0 Å². The summed E-state index contributed by atoms with van der Waals surface area (Å²) in [6.45, 7) is 3.39. The largest absolute Gasteiger partial charge is 0.480 e. The van der Waals surface area contributed by atoms with Crippen molar-refractivity contribution in [3.8, 4) is 6.07 Å². The lowest BCUT2D eigenvalue weighted by atomic mass is 9.88. The van der Waals surface area contributed by atoms with Crippen LogP contribution in [0, 0.1) is 17.2 Å². The second-order valence-corrected chi connectivity index (χ2v) is 5.95. The highest BCUT2D eigenvalue weighted by Gasteiger charge is 2.32. The third-order valence-corrected chi connectivity index (χ3v) is 4.59. The molecule has 0 bridgehead atoms. The zero-order chi connectivity index (χ0) is 15.4. The molecule has 0 saturated carbocycles. The van der Waals surface area contributed by atoms with Gasteiger partial charge in [-0.1, -0.05) is 31.0 Å². The molecule has 1 heterocycles. The molecule has 5 heteroatoms. The number of carboxylic acid groups (broad SMARTS) is 1. The molecule has 1 aromatic rings. The average Bonchev–Trinajstić information content (AvgIpc) is 2.49. The summed E-state index contributed by atoms with van der Waals surface area (Å²) in [5.41, 5.74) is 1.39. The fourth-order valence-corrected chi connectivity index (χ4v) is 3.11. The van der Waals surface area contributed by atoms with E-state index in [1.807, 2.05) is 17.0 Å². The first-order chi connectivity index (χ1) is 10.0. The minimum Gasteiger partial charge on any atom is -0.480 e. The Bertz CT molecular complexity index is 568. The van der Waals surface area contributed by atoms with Crippen molar-refractivity contribution in [3.05, 3.63) is 34.3 Å². The second kappa shape index (κ2) is 6.93. The Hall–Kier alpha value is -1.57. The van der Waals surface area contributed by atoms with Crippen LogP contribution >= 0.6 is 11.6 Å². The summed E-state index contributed by atoms with van der Waals surface area (Å²) >= 11 is 6.19. The van der Waals surface area contributed by atoms with Gasteiger partial charge in [-0.15, -0.1) is 0 Å². The topological polar surface area (TPSA) is 64.3 Å². The Kier molecular flexibility index (Phi) is 5.22. The van der Waals surface area contributed by atoms with Crippen LogP contribution in [0.15, 0.2) is 18.2 Å². The molecule has 0 spiro atoms. The van der Waals surface area contributed by atoms with Crippen molar-refractivity contribution in [3.63, 3.8) is 0 Å². The Morgan fingerprint density at radius 1 is 1.57 bits per heavy atom. The van der Waals surface area contributed by atoms with Crippen molar-refractivity contribution in [2.75, 3.05) is 6.54 Å². The maximum Gasteiger partial charge on any atom is 0.320 e. The molecule has 1 N–H and O–H groups in total. The maximum atomic E-state index is 11.5. The fraction of sp³-hybridized carbons (Fsp3) is 0.500. The fourth-order valence-electron chi connectivity index (χ4n) is 2.87. The van der Waals surface area contributed by atoms with Crippen LogP contribution in [-0.4, -0.2) is 28.6 Å². The summed E-state index contributed by atoms with van der Waals surface area (Å²) in [5, 5.41) is 18.8. The molecular formula is C16H19ClN2O2. The van der Waals surface area contributed by atoms with Crippen LogP contribution in [0.4, 0.5) is 0 Å². The number of hydrogen-bond acceptors (Lipinski definition) is 3. The number of carbonyl (C=O) groups is 1. The summed E-state index contributed by atoms with van der Waals surface area (Å²) in [7, 11) is 0. The number of nitrogens with zero attached hydrogens (tertiary/aromatic N) is 2. The highest BCUT2D eigenvalue weighted by molar-refractivity contribution is 6.31. The van der Waals surface area contributed by atoms with E-state index in [1.165, 1.54) is 0 Å². The summed E-state index contributed by atoms with van der Waals surface area (Å²) in [4.78, 5) is 13.5. The second-order valence-electron chi connectivity index (χ2n) is 5.54. The van der Waals surface area contributed by atoms with Crippen LogP contribution in [0.3, 0.4) is 0 Å². The molecule has 2 unspecified atom stereocenters. The van der Waals surface area contributed by atoms with Gasteiger partial charge in [0, 0.05) is 11.6 Å². The predicted molar refractivity (Wildman–Crippen MR) is 81.0 cm³/mol. The molecule has 0 aliphatic carbocycles. The van der Waals surface area contributed by atoms with Crippen LogP contribution in [0.1, 0.15) is 37.3 Å². The number of aliphatic carboxylic acids is 1. The van der Waals surface area contributed by atoms with Gasteiger partial charge >= 0.3 is 5.97 Å². The zero-order valence-corrected chi connectivity index (χ0v) is 12.8. The van der Waals surface area contributed by atoms with Crippen molar-refractivity contribution >= 4 is 17.6 Å². The molecule has 4 nitrogen and oxygen atoms in total. The molecule has 1 saturated heterocycles. The van der Waals surface area contributed by atoms with Gasteiger partial charge < -0.3 is 5.11 Å². The maximum absolute atomic E-state index is 11.5. The SMILES string of the molecule is CCC1CCN(Cc2ccc(C#N)cc2Cl)C(C(=O)O)C1. The van der Waals surface area contributed by atoms with Crippen molar-refractivity contribution in [1.82, 2.24) is 4.90 Å². The van der Waals surface area contributed by atoms with Gasteiger partial charge in [0.05, 0.1) is 11.6 Å². The van der Waals surface area contributed by atoms with Crippen molar-refractivity contribution in [2.24, 2.45) is 5.92 Å². The molecule has 1 aliphatic heterocycles. The molecule has 112 valence electrons. The van der Waals surface area contributed by atoms with Crippen molar-refractivity contribution in [2.45, 2.75) is 38.8 Å². The van der Waals surface area contributed by atoms with Crippen LogP contribution in [0.5, 0.6) is 0 Å². The predicted octanol–water partition coefficient (Wildman–Crippen LogP) is 3.29. The highest BCUT2D eigenvalue weighted by Crippen LogP contribution is 2.28. The van der Waals surface area contributed by atoms with Crippen LogP contribution in [0.25, 0.3) is 0 Å². The minimum absolute atomic E-state index is 0.449. The Balaban J connectivity index is 2.14. The van der Waals surface area contributed by atoms with Crippen molar-refractivity contribution < 1.29 is 9.90 Å². The molecule has 21 heavy (non-hydrogen) atoms. The first-order valence-electron chi connectivity index (χ1n) is 7.20. The molecule has 0 amide bonds. The minimum atomic E-state index is -0.766. The number of hydrogen-bond donors (Lipinski definition) is 1. The smallest absolute Gasteiger partial charge is 0.320 e. The molecule has 0 aromatic heterocycles. The van der Waals surface area contributed by atoms with Crippen LogP contribution in [0.2, 0.25) is 5.02 Å². The lowest BCUT2D eigenvalue weighted by Crippen LogP contribution is -2.46. The van der Waals surface area contributed by atoms with Gasteiger partial charge in [0.1, 0.15) is 6.04 Å². The first-order valence-corrected chi connectivity index (χ1v) is 7.58. The molecule has 1 fully saturated rings. The molecule has 0 radical (unpaired) electrons. The number of benzene rings is 1. The van der Waals surface area contributed by atoms with Gasteiger partial charge in [0.15, 0.2) is 0 Å². The van der Waals surface area contributed by atoms with E-state index in [0.717, 1.165) is 24.9 Å². The monoisotopic (exact) mass is 306 g/mol. The van der Waals surface area contributed by atoms with Crippen LogP contribution in [-0.2, 0) is 11.3 Å². The third-order valence-electron chi connectivity index (χ3n) is 4.24. The quantitative estimate of drug-likeness (QED) is 0.927. The van der Waals surface area contributed by atoms with Gasteiger partial charge in [0.25, 0.3) is 0 Å². The molecule has 2 atom stereocenters. The van der Waals surface area contributed by atoms with Gasteiger partial charge in [-0.3, -0.25) is 9.69 Å². The van der Waals surface area contributed by atoms with E-state index in [0.29, 0.717) is 29.5 Å². The van der Waals surface area contributed by atoms with E-state index in [4.69, 9.17) is 16.9 Å². The number of rotatable bonds is 4. The van der Waals surface area contributed by atoms with Gasteiger partial charge in [0.2, 0.25) is 0 Å². The first kappa shape index (κ1) is 15.8. The number of carboxylic acids is 1. The summed E-state index contributed by atoms with van der Waals surface area (Å²) in [6, 6.07) is 6.76. The van der Waals surface area contributed by atoms with E-state index in [9.17, 15) is 9.90 Å². The normalized spacial score (nSPS) is 22.7. The number of piperidine rings is 1. The van der Waals surface area contributed by atoms with Gasteiger partial charge in [-0.05, 0) is 43.0 Å². The molecule has 2 rings (SSSR count). The third kappa shape index (κ3) is 3.75. The van der Waals surface area contributed by atoms with Gasteiger partial charge in [-0.2, -0.15) is 5.26 Å². The standard InChI is InChI=1S/C16H19ClN2O2/c1-2-11-5-6-19(15(8-11)16(20)21)10-13-4-3-12(9-18)7-14(13)17/h3-4,7,11,15H,2,5-6,8,10H2,1H3,(H,20,21). The average molecular weight is 307 g/mol.